The molecule has 21 heavy (non-hydrogen) atoms. The molecule has 4 nitrogen and oxygen atoms in total. The van der Waals surface area contributed by atoms with Gasteiger partial charge in [-0.2, -0.15) is 0 Å². The lowest BCUT2D eigenvalue weighted by molar-refractivity contribution is 0.191. The van der Waals surface area contributed by atoms with Gasteiger partial charge in [0.05, 0.1) is 4.90 Å². The van der Waals surface area contributed by atoms with E-state index in [2.05, 4.69) is 43.5 Å². The van der Waals surface area contributed by atoms with Gasteiger partial charge < -0.3 is 5.73 Å². The molecular weight excluding hydrogens is 420 g/mol. The summed E-state index contributed by atoms with van der Waals surface area (Å²) >= 11 is 6.63. The summed E-state index contributed by atoms with van der Waals surface area (Å²) in [6.07, 6.45) is 3.92. The molecule has 1 aliphatic rings. The third-order valence-electron chi connectivity index (χ3n) is 4.34. The fourth-order valence-corrected chi connectivity index (χ4v) is 5.95. The molecule has 0 heterocycles. The van der Waals surface area contributed by atoms with Gasteiger partial charge in [0, 0.05) is 21.0 Å². The smallest absolute Gasteiger partial charge is 0.242 e. The topological polar surface area (TPSA) is 72.2 Å². The summed E-state index contributed by atoms with van der Waals surface area (Å²) in [6, 6.07) is 5.12. The van der Waals surface area contributed by atoms with Crippen molar-refractivity contribution in [1.29, 1.82) is 0 Å². The predicted octanol–water partition coefficient (Wildman–Crippen LogP) is 3.40. The molecule has 2 rings (SSSR count). The molecule has 3 N–H and O–H groups in total. The molecule has 2 unspecified atom stereocenters. The highest BCUT2D eigenvalue weighted by Gasteiger charge is 2.40. The molecular formula is C14H20Br2N2O2S. The van der Waals surface area contributed by atoms with Crippen molar-refractivity contribution in [2.45, 2.75) is 43.0 Å². The van der Waals surface area contributed by atoms with Crippen molar-refractivity contribution in [2.75, 3.05) is 6.54 Å². The Bertz CT molecular complexity index is 621. The van der Waals surface area contributed by atoms with Crippen molar-refractivity contribution in [3.63, 3.8) is 0 Å². The molecule has 1 aromatic carbocycles. The quantitative estimate of drug-likeness (QED) is 0.754. The molecule has 2 atom stereocenters. The zero-order chi connectivity index (χ0) is 15.7. The number of rotatable bonds is 4. The summed E-state index contributed by atoms with van der Waals surface area (Å²) in [5.41, 5.74) is 5.39. The summed E-state index contributed by atoms with van der Waals surface area (Å²) in [6.45, 7) is 2.39. The largest absolute Gasteiger partial charge is 0.329 e. The predicted molar refractivity (Wildman–Crippen MR) is 91.6 cm³/mol. The van der Waals surface area contributed by atoms with Gasteiger partial charge in [0.1, 0.15) is 0 Å². The van der Waals surface area contributed by atoms with Crippen molar-refractivity contribution in [2.24, 2.45) is 11.7 Å². The molecule has 1 aromatic rings. The maximum Gasteiger partial charge on any atom is 0.242 e. The maximum absolute atomic E-state index is 12.8. The van der Waals surface area contributed by atoms with Gasteiger partial charge >= 0.3 is 0 Å². The molecule has 0 aliphatic heterocycles. The summed E-state index contributed by atoms with van der Waals surface area (Å²) in [4.78, 5) is 0.238. The van der Waals surface area contributed by atoms with Gasteiger partial charge in [-0.3, -0.25) is 0 Å². The van der Waals surface area contributed by atoms with Crippen molar-refractivity contribution in [3.05, 3.63) is 27.1 Å². The van der Waals surface area contributed by atoms with E-state index in [4.69, 9.17) is 5.73 Å². The Morgan fingerprint density at radius 2 is 2.10 bits per heavy atom. The highest BCUT2D eigenvalue weighted by atomic mass is 79.9. The molecule has 0 radical (unpaired) electrons. The standard InChI is InChI=1S/C14H20Br2N2O2S/c1-10-4-2-3-7-14(10,9-17)18-21(19,20)13-8-11(15)5-6-12(13)16/h5-6,8,10,18H,2-4,7,9,17H2,1H3. The molecule has 1 saturated carbocycles. The maximum atomic E-state index is 12.8. The van der Waals surface area contributed by atoms with Gasteiger partial charge in [0.2, 0.25) is 10.0 Å². The van der Waals surface area contributed by atoms with Crippen LogP contribution in [0.25, 0.3) is 0 Å². The normalized spacial score (nSPS) is 26.8. The lowest BCUT2D eigenvalue weighted by atomic mass is 9.74. The minimum Gasteiger partial charge on any atom is -0.329 e. The molecule has 0 saturated heterocycles. The second-order valence-corrected chi connectivity index (χ2v) is 9.11. The number of hydrogen-bond acceptors (Lipinski definition) is 3. The van der Waals surface area contributed by atoms with Crippen LogP contribution in [-0.4, -0.2) is 20.5 Å². The Morgan fingerprint density at radius 1 is 1.38 bits per heavy atom. The summed E-state index contributed by atoms with van der Waals surface area (Å²) in [5, 5.41) is 0. The highest BCUT2D eigenvalue weighted by Crippen LogP contribution is 2.35. The third-order valence-corrected chi connectivity index (χ3v) is 7.38. The number of nitrogens with one attached hydrogen (secondary N) is 1. The van der Waals surface area contributed by atoms with E-state index in [9.17, 15) is 8.42 Å². The first-order valence-corrected chi connectivity index (χ1v) is 10.1. The average molecular weight is 440 g/mol. The fourth-order valence-electron chi connectivity index (χ4n) is 2.92. The molecule has 0 spiro atoms. The van der Waals surface area contributed by atoms with Crippen LogP contribution in [0.5, 0.6) is 0 Å². The Hall–Kier alpha value is 0.0500. The number of hydrogen-bond donors (Lipinski definition) is 2. The van der Waals surface area contributed by atoms with E-state index in [1.54, 1.807) is 18.2 Å². The van der Waals surface area contributed by atoms with E-state index in [0.29, 0.717) is 11.0 Å². The van der Waals surface area contributed by atoms with Gasteiger partial charge in [-0.1, -0.05) is 35.7 Å². The van der Waals surface area contributed by atoms with E-state index in [-0.39, 0.29) is 10.8 Å². The van der Waals surface area contributed by atoms with Gasteiger partial charge in [-0.25, -0.2) is 13.1 Å². The van der Waals surface area contributed by atoms with Crippen molar-refractivity contribution in [1.82, 2.24) is 4.72 Å². The van der Waals surface area contributed by atoms with Crippen LogP contribution in [0.3, 0.4) is 0 Å². The van der Waals surface area contributed by atoms with E-state index < -0.39 is 15.6 Å². The van der Waals surface area contributed by atoms with Gasteiger partial charge in [0.25, 0.3) is 0 Å². The van der Waals surface area contributed by atoms with E-state index in [0.717, 1.165) is 30.2 Å². The SMILES string of the molecule is CC1CCCCC1(CN)NS(=O)(=O)c1cc(Br)ccc1Br. The minimum absolute atomic E-state index is 0.233. The van der Waals surface area contributed by atoms with Crippen molar-refractivity contribution < 1.29 is 8.42 Å². The molecule has 118 valence electrons. The molecule has 1 fully saturated rings. The summed E-state index contributed by atoms with van der Waals surface area (Å²) in [5.74, 6) is 0.233. The van der Waals surface area contributed by atoms with Crippen LogP contribution >= 0.6 is 31.9 Å². The fraction of sp³-hybridized carbons (Fsp3) is 0.571. The Labute approximate surface area is 143 Å². The van der Waals surface area contributed by atoms with Crippen LogP contribution in [0.4, 0.5) is 0 Å². The number of sulfonamides is 1. The van der Waals surface area contributed by atoms with Gasteiger partial charge in [-0.05, 0) is 52.9 Å². The zero-order valence-electron chi connectivity index (χ0n) is 11.9. The number of nitrogens with two attached hydrogens (primary N) is 1. The zero-order valence-corrected chi connectivity index (χ0v) is 15.9. The second kappa shape index (κ2) is 6.66. The molecule has 7 heteroatoms. The first-order chi connectivity index (χ1) is 9.81. The van der Waals surface area contributed by atoms with E-state index in [1.807, 2.05) is 0 Å². The van der Waals surface area contributed by atoms with E-state index in [1.165, 1.54) is 0 Å². The summed E-state index contributed by atoms with van der Waals surface area (Å²) in [7, 11) is -3.62. The first kappa shape index (κ1) is 17.4. The van der Waals surface area contributed by atoms with Crippen LogP contribution in [0, 0.1) is 5.92 Å². The van der Waals surface area contributed by atoms with Crippen LogP contribution in [0.15, 0.2) is 32.0 Å². The highest BCUT2D eigenvalue weighted by molar-refractivity contribution is 9.11. The summed E-state index contributed by atoms with van der Waals surface area (Å²) < 4.78 is 29.7. The van der Waals surface area contributed by atoms with Crippen LogP contribution < -0.4 is 10.5 Å². The Morgan fingerprint density at radius 3 is 2.71 bits per heavy atom. The Kier molecular flexibility index (Phi) is 5.52. The van der Waals surface area contributed by atoms with E-state index >= 15 is 0 Å². The van der Waals surface area contributed by atoms with Gasteiger partial charge in [0.15, 0.2) is 0 Å². The molecule has 1 aliphatic carbocycles. The van der Waals surface area contributed by atoms with Crippen LogP contribution in [0.2, 0.25) is 0 Å². The minimum atomic E-state index is -3.62. The Balaban J connectivity index is 2.37. The molecule has 0 bridgehead atoms. The molecule has 0 aromatic heterocycles. The van der Waals surface area contributed by atoms with Crippen LogP contribution in [-0.2, 0) is 10.0 Å². The first-order valence-electron chi connectivity index (χ1n) is 7.00. The van der Waals surface area contributed by atoms with Crippen molar-refractivity contribution in [3.8, 4) is 0 Å². The lowest BCUT2D eigenvalue weighted by Crippen LogP contribution is -2.58. The van der Waals surface area contributed by atoms with Crippen molar-refractivity contribution >= 4 is 41.9 Å². The average Bonchev–Trinajstić information content (AvgIpc) is 2.44. The monoisotopic (exact) mass is 438 g/mol. The third kappa shape index (κ3) is 3.69. The molecule has 0 amide bonds. The lowest BCUT2D eigenvalue weighted by Gasteiger charge is -2.42. The number of halogens is 2. The number of benzene rings is 1. The second-order valence-electron chi connectivity index (χ2n) is 5.69. The van der Waals surface area contributed by atoms with Gasteiger partial charge in [-0.15, -0.1) is 0 Å². The van der Waals surface area contributed by atoms with Crippen LogP contribution in [0.1, 0.15) is 32.6 Å².